The second-order valence-corrected chi connectivity index (χ2v) is 7.65. The number of aromatic amines is 1. The molecule has 2 aromatic rings. The van der Waals surface area contributed by atoms with Crippen molar-refractivity contribution in [3.63, 3.8) is 0 Å². The molecule has 9 heteroatoms. The number of rotatable bonds is 8. The molecule has 1 saturated carbocycles. The molecule has 0 saturated heterocycles. The van der Waals surface area contributed by atoms with E-state index in [4.69, 9.17) is 0 Å². The molecule has 3 N–H and O–H groups in total. The number of aromatic hydroxyl groups is 1. The molecule has 1 unspecified atom stereocenters. The fraction of sp³-hybridized carbons (Fsp3) is 0.318. The molecule has 1 aliphatic rings. The highest BCUT2D eigenvalue weighted by Gasteiger charge is 2.36. The lowest BCUT2D eigenvalue weighted by atomic mass is 10.1. The maximum Gasteiger partial charge on any atom is 0.274 e. The number of aromatic nitrogens is 1. The summed E-state index contributed by atoms with van der Waals surface area (Å²) in [6, 6.07) is 2.89. The summed E-state index contributed by atoms with van der Waals surface area (Å²) in [6.07, 6.45) is 3.57. The smallest absolute Gasteiger partial charge is 0.274 e. The van der Waals surface area contributed by atoms with Crippen molar-refractivity contribution >= 4 is 11.8 Å². The number of pyridine rings is 1. The van der Waals surface area contributed by atoms with Gasteiger partial charge in [0.15, 0.2) is 11.4 Å². The Labute approximate surface area is 177 Å². The van der Waals surface area contributed by atoms with Crippen molar-refractivity contribution in [2.45, 2.75) is 19.9 Å². The van der Waals surface area contributed by atoms with E-state index in [9.17, 15) is 28.3 Å². The standard InChI is InChI=1S/C22H23F2N3O4/c1-3-6-27(11-14-7-12(14)2)22(31)18-20(29)19(28)16(10-25-18)21(30)26-9-13-4-5-15(23)8-17(13)24/h3-5,8,10,12,14,29H,1,6-7,9,11H2,2H3,(H,25,28)(H,26,30)/t12?,14-/m0/s1. The van der Waals surface area contributed by atoms with Gasteiger partial charge in [0.05, 0.1) is 0 Å². The molecule has 7 nitrogen and oxygen atoms in total. The van der Waals surface area contributed by atoms with E-state index >= 15 is 0 Å². The Balaban J connectivity index is 1.75. The molecule has 1 fully saturated rings. The van der Waals surface area contributed by atoms with E-state index in [-0.39, 0.29) is 24.3 Å². The van der Waals surface area contributed by atoms with Gasteiger partial charge >= 0.3 is 0 Å². The normalized spacial score (nSPS) is 17.1. The molecule has 31 heavy (non-hydrogen) atoms. The van der Waals surface area contributed by atoms with Crippen LogP contribution in [0, 0.1) is 23.5 Å². The zero-order chi connectivity index (χ0) is 22.7. The van der Waals surface area contributed by atoms with Crippen molar-refractivity contribution in [2.75, 3.05) is 13.1 Å². The number of benzene rings is 1. The lowest BCUT2D eigenvalue weighted by molar-refractivity contribution is 0.0754. The average Bonchev–Trinajstić information content (AvgIpc) is 3.42. The fourth-order valence-electron chi connectivity index (χ4n) is 3.28. The number of H-pyrrole nitrogens is 1. The van der Waals surface area contributed by atoms with Crippen molar-refractivity contribution in [2.24, 2.45) is 11.8 Å². The van der Waals surface area contributed by atoms with Crippen molar-refractivity contribution in [3.05, 3.63) is 75.7 Å². The highest BCUT2D eigenvalue weighted by atomic mass is 19.1. The highest BCUT2D eigenvalue weighted by molar-refractivity contribution is 5.98. The van der Waals surface area contributed by atoms with Crippen LogP contribution in [0.15, 0.2) is 41.8 Å². The Hall–Kier alpha value is -3.49. The third-order valence-electron chi connectivity index (χ3n) is 5.34. The van der Waals surface area contributed by atoms with Crippen molar-refractivity contribution < 1.29 is 23.5 Å². The number of carbonyl (C=O) groups excluding carboxylic acids is 2. The van der Waals surface area contributed by atoms with Crippen LogP contribution in [0.4, 0.5) is 8.78 Å². The Kier molecular flexibility index (Phi) is 6.53. The van der Waals surface area contributed by atoms with Gasteiger partial charge in [-0.05, 0) is 24.3 Å². The van der Waals surface area contributed by atoms with Gasteiger partial charge in [0.2, 0.25) is 5.43 Å². The van der Waals surface area contributed by atoms with Gasteiger partial charge in [0, 0.05) is 37.5 Å². The number of hydrogen-bond acceptors (Lipinski definition) is 4. The SMILES string of the molecule is C=CCN(C[C@@H]1CC1C)C(=O)c1[nH]cc(C(=O)NCc2ccc(F)cc2F)c(=O)c1O. The Morgan fingerprint density at radius 3 is 2.71 bits per heavy atom. The summed E-state index contributed by atoms with van der Waals surface area (Å²) >= 11 is 0. The van der Waals surface area contributed by atoms with Gasteiger partial charge < -0.3 is 20.3 Å². The van der Waals surface area contributed by atoms with Crippen LogP contribution in [0.1, 0.15) is 39.8 Å². The number of carbonyl (C=O) groups is 2. The summed E-state index contributed by atoms with van der Waals surface area (Å²) in [5.41, 5.74) is -1.77. The van der Waals surface area contributed by atoms with E-state index in [2.05, 4.69) is 23.8 Å². The fourth-order valence-corrected chi connectivity index (χ4v) is 3.28. The number of halogens is 2. The van der Waals surface area contributed by atoms with Crippen LogP contribution < -0.4 is 10.7 Å². The van der Waals surface area contributed by atoms with Crippen LogP contribution in [0.3, 0.4) is 0 Å². The highest BCUT2D eigenvalue weighted by Crippen LogP contribution is 2.38. The lowest BCUT2D eigenvalue weighted by Crippen LogP contribution is -2.35. The van der Waals surface area contributed by atoms with E-state index in [1.54, 1.807) is 6.08 Å². The molecule has 2 atom stereocenters. The van der Waals surface area contributed by atoms with E-state index < -0.39 is 40.2 Å². The first kappa shape index (κ1) is 22.2. The summed E-state index contributed by atoms with van der Waals surface area (Å²) in [5, 5.41) is 12.6. The predicted molar refractivity (Wildman–Crippen MR) is 110 cm³/mol. The van der Waals surface area contributed by atoms with Crippen LogP contribution in [0.2, 0.25) is 0 Å². The Bertz CT molecular complexity index is 1080. The van der Waals surface area contributed by atoms with E-state index in [0.29, 0.717) is 24.4 Å². The van der Waals surface area contributed by atoms with Crippen molar-refractivity contribution in [1.29, 1.82) is 0 Å². The minimum atomic E-state index is -1.03. The van der Waals surface area contributed by atoms with Crippen LogP contribution in [0.5, 0.6) is 5.75 Å². The molecule has 0 bridgehead atoms. The second kappa shape index (κ2) is 9.11. The molecule has 2 amide bonds. The Morgan fingerprint density at radius 1 is 1.39 bits per heavy atom. The molecule has 1 aliphatic carbocycles. The number of nitrogens with zero attached hydrogens (tertiary/aromatic N) is 1. The van der Waals surface area contributed by atoms with Gasteiger partial charge in [-0.3, -0.25) is 14.4 Å². The summed E-state index contributed by atoms with van der Waals surface area (Å²) < 4.78 is 26.7. The van der Waals surface area contributed by atoms with Gasteiger partial charge in [-0.15, -0.1) is 6.58 Å². The molecule has 1 aromatic heterocycles. The quantitative estimate of drug-likeness (QED) is 0.559. The summed E-state index contributed by atoms with van der Waals surface area (Å²) in [7, 11) is 0. The van der Waals surface area contributed by atoms with Crippen LogP contribution in [-0.2, 0) is 6.54 Å². The first-order valence-corrected chi connectivity index (χ1v) is 9.79. The summed E-state index contributed by atoms with van der Waals surface area (Å²) in [6.45, 7) is 6.13. The van der Waals surface area contributed by atoms with Gasteiger partial charge in [-0.25, -0.2) is 8.78 Å². The third-order valence-corrected chi connectivity index (χ3v) is 5.34. The van der Waals surface area contributed by atoms with Crippen LogP contribution in [0.25, 0.3) is 0 Å². The van der Waals surface area contributed by atoms with E-state index in [0.717, 1.165) is 18.7 Å². The van der Waals surface area contributed by atoms with Crippen LogP contribution in [-0.4, -0.2) is 39.9 Å². The minimum absolute atomic E-state index is 0.0246. The van der Waals surface area contributed by atoms with Crippen molar-refractivity contribution in [3.8, 4) is 5.75 Å². The average molecular weight is 431 g/mol. The third kappa shape index (κ3) is 4.99. The topological polar surface area (TPSA) is 103 Å². The second-order valence-electron chi connectivity index (χ2n) is 7.65. The molecule has 0 aliphatic heterocycles. The van der Waals surface area contributed by atoms with Gasteiger partial charge in [-0.2, -0.15) is 0 Å². The molecule has 3 rings (SSSR count). The van der Waals surface area contributed by atoms with Gasteiger partial charge in [-0.1, -0.05) is 19.1 Å². The molecule has 1 heterocycles. The number of nitrogens with one attached hydrogen (secondary N) is 2. The zero-order valence-electron chi connectivity index (χ0n) is 17.0. The minimum Gasteiger partial charge on any atom is -0.503 e. The molecular weight excluding hydrogens is 408 g/mol. The van der Waals surface area contributed by atoms with Crippen molar-refractivity contribution in [1.82, 2.24) is 15.2 Å². The molecule has 0 radical (unpaired) electrons. The van der Waals surface area contributed by atoms with Crippen LogP contribution >= 0.6 is 0 Å². The predicted octanol–water partition coefficient (Wildman–Crippen LogP) is 2.57. The maximum atomic E-state index is 13.7. The summed E-state index contributed by atoms with van der Waals surface area (Å²) in [5.74, 6) is -3.06. The lowest BCUT2D eigenvalue weighted by Gasteiger charge is -2.21. The summed E-state index contributed by atoms with van der Waals surface area (Å²) in [4.78, 5) is 41.6. The van der Waals surface area contributed by atoms with E-state index in [1.165, 1.54) is 11.0 Å². The number of hydrogen-bond donors (Lipinski definition) is 3. The van der Waals surface area contributed by atoms with Gasteiger partial charge in [0.25, 0.3) is 11.8 Å². The first-order chi connectivity index (χ1) is 14.7. The molecule has 164 valence electrons. The van der Waals surface area contributed by atoms with Gasteiger partial charge in [0.1, 0.15) is 17.2 Å². The first-order valence-electron chi connectivity index (χ1n) is 9.79. The number of amides is 2. The monoisotopic (exact) mass is 431 g/mol. The molecule has 1 aromatic carbocycles. The Morgan fingerprint density at radius 2 is 2.10 bits per heavy atom. The zero-order valence-corrected chi connectivity index (χ0v) is 17.0. The largest absolute Gasteiger partial charge is 0.503 e. The molecule has 0 spiro atoms. The van der Waals surface area contributed by atoms with E-state index in [1.807, 2.05) is 0 Å². The maximum absolute atomic E-state index is 13.7. The molecular formula is C22H23F2N3O4.